The molecule has 5 nitrogen and oxygen atoms in total. The predicted octanol–water partition coefficient (Wildman–Crippen LogP) is 0.705. The Balaban J connectivity index is 2.14. The minimum Gasteiger partial charge on any atom is -0.392 e. The van der Waals surface area contributed by atoms with Crippen molar-refractivity contribution < 1.29 is 14.3 Å². The largest absolute Gasteiger partial charge is 0.392 e. The smallest absolute Gasteiger partial charge is 0.235 e. The molecule has 1 amide bonds. The third-order valence-corrected chi connectivity index (χ3v) is 4.84. The van der Waals surface area contributed by atoms with Crippen LogP contribution in [0.3, 0.4) is 0 Å². The average molecular weight is 286 g/mol. The number of thiocarbonyl (C=S) groups is 1. The van der Waals surface area contributed by atoms with Crippen molar-refractivity contribution in [1.29, 1.82) is 0 Å². The molecule has 2 fully saturated rings. The maximum Gasteiger partial charge on any atom is 0.235 e. The number of nitrogens with zero attached hydrogens (tertiary/aromatic N) is 1. The zero-order chi connectivity index (χ0) is 14.0. The molecule has 108 valence electrons. The summed E-state index contributed by atoms with van der Waals surface area (Å²) >= 11 is 5.16. The summed E-state index contributed by atoms with van der Waals surface area (Å²) in [6, 6.07) is 0. The zero-order valence-electron chi connectivity index (χ0n) is 11.6. The Morgan fingerprint density at radius 2 is 1.68 bits per heavy atom. The number of hydrogen-bond acceptors (Lipinski definition) is 4. The van der Waals surface area contributed by atoms with Gasteiger partial charge in [-0.15, -0.1) is 0 Å². The summed E-state index contributed by atoms with van der Waals surface area (Å²) in [6.45, 7) is 1.11. The number of methoxy groups -OCH3 is 2. The van der Waals surface area contributed by atoms with Gasteiger partial charge in [0.25, 0.3) is 0 Å². The van der Waals surface area contributed by atoms with Gasteiger partial charge in [-0.25, -0.2) is 0 Å². The molecular formula is C13H22N2O3S. The first-order valence-electron chi connectivity index (χ1n) is 6.70. The number of likely N-dealkylation sites (tertiary alicyclic amines) is 1. The fraction of sp³-hybridized carbons (Fsp3) is 0.846. The number of nitrogens with two attached hydrogens (primary N) is 1. The van der Waals surface area contributed by atoms with Crippen LogP contribution in [-0.4, -0.2) is 55.3 Å². The van der Waals surface area contributed by atoms with E-state index in [1.165, 1.54) is 0 Å². The lowest BCUT2D eigenvalue weighted by Crippen LogP contribution is -2.48. The average Bonchev–Trinajstić information content (AvgIpc) is 3.04. The molecule has 1 saturated carbocycles. The van der Waals surface area contributed by atoms with Crippen LogP contribution < -0.4 is 5.73 Å². The van der Waals surface area contributed by atoms with Gasteiger partial charge >= 0.3 is 0 Å². The molecule has 0 aromatic carbocycles. The van der Waals surface area contributed by atoms with Crippen molar-refractivity contribution in [2.75, 3.05) is 27.3 Å². The summed E-state index contributed by atoms with van der Waals surface area (Å²) in [5.74, 6) is 0.0547. The highest BCUT2D eigenvalue weighted by Gasteiger charge is 2.49. The Kier molecular flexibility index (Phi) is 4.43. The first-order chi connectivity index (χ1) is 9.05. The van der Waals surface area contributed by atoms with Gasteiger partial charge in [-0.1, -0.05) is 25.1 Å². The van der Waals surface area contributed by atoms with Gasteiger partial charge in [-0.2, -0.15) is 0 Å². The number of amides is 1. The second-order valence-electron chi connectivity index (χ2n) is 5.41. The highest BCUT2D eigenvalue weighted by Crippen LogP contribution is 2.41. The van der Waals surface area contributed by atoms with Crippen molar-refractivity contribution in [3.05, 3.63) is 0 Å². The van der Waals surface area contributed by atoms with Gasteiger partial charge < -0.3 is 20.1 Å². The molecule has 1 aliphatic carbocycles. The maximum absolute atomic E-state index is 12.8. The normalized spacial score (nSPS) is 29.7. The molecule has 2 aliphatic rings. The Morgan fingerprint density at radius 3 is 2.05 bits per heavy atom. The predicted molar refractivity (Wildman–Crippen MR) is 75.9 cm³/mol. The van der Waals surface area contributed by atoms with Gasteiger partial charge in [0.2, 0.25) is 5.91 Å². The first kappa shape index (κ1) is 14.7. The van der Waals surface area contributed by atoms with E-state index in [4.69, 9.17) is 27.4 Å². The van der Waals surface area contributed by atoms with E-state index >= 15 is 0 Å². The van der Waals surface area contributed by atoms with Crippen LogP contribution in [0, 0.1) is 5.41 Å². The second-order valence-corrected chi connectivity index (χ2v) is 5.85. The standard InChI is InChI=1S/C13H22N2O3S/c1-17-9-7-15(8-10(9)18-2)12(16)13(11(14)19)5-3-4-6-13/h9-10H,3-8H2,1-2H3,(H2,14,19). The van der Waals surface area contributed by atoms with Gasteiger partial charge in [0.05, 0.1) is 10.4 Å². The van der Waals surface area contributed by atoms with E-state index < -0.39 is 5.41 Å². The van der Waals surface area contributed by atoms with Crippen molar-refractivity contribution in [2.45, 2.75) is 37.9 Å². The lowest BCUT2D eigenvalue weighted by atomic mass is 9.84. The van der Waals surface area contributed by atoms with Crippen LogP contribution in [0.4, 0.5) is 0 Å². The Hall–Kier alpha value is -0.720. The number of ether oxygens (including phenoxy) is 2. The van der Waals surface area contributed by atoms with Crippen molar-refractivity contribution in [2.24, 2.45) is 11.1 Å². The molecule has 1 aliphatic heterocycles. The van der Waals surface area contributed by atoms with E-state index in [1.54, 1.807) is 19.1 Å². The van der Waals surface area contributed by atoms with Crippen molar-refractivity contribution >= 4 is 23.1 Å². The summed E-state index contributed by atoms with van der Waals surface area (Å²) < 4.78 is 10.7. The molecule has 0 bridgehead atoms. The van der Waals surface area contributed by atoms with E-state index in [0.717, 1.165) is 25.7 Å². The van der Waals surface area contributed by atoms with Gasteiger partial charge in [0.1, 0.15) is 12.2 Å². The fourth-order valence-corrected chi connectivity index (χ4v) is 3.50. The minimum atomic E-state index is -0.629. The van der Waals surface area contributed by atoms with Crippen LogP contribution in [0.2, 0.25) is 0 Å². The monoisotopic (exact) mass is 286 g/mol. The van der Waals surface area contributed by atoms with Gasteiger partial charge in [-0.3, -0.25) is 4.79 Å². The molecule has 1 heterocycles. The van der Waals surface area contributed by atoms with Crippen LogP contribution in [0.5, 0.6) is 0 Å². The number of rotatable bonds is 4. The van der Waals surface area contributed by atoms with E-state index in [0.29, 0.717) is 18.1 Å². The van der Waals surface area contributed by atoms with Crippen molar-refractivity contribution in [3.63, 3.8) is 0 Å². The van der Waals surface area contributed by atoms with Crippen LogP contribution in [-0.2, 0) is 14.3 Å². The zero-order valence-corrected chi connectivity index (χ0v) is 12.4. The van der Waals surface area contributed by atoms with E-state index in [-0.39, 0.29) is 18.1 Å². The molecule has 2 N–H and O–H groups in total. The SMILES string of the molecule is COC1CN(C(=O)C2(C(N)=S)CCCC2)CC1OC. The lowest BCUT2D eigenvalue weighted by molar-refractivity contribution is -0.137. The Labute approximate surface area is 119 Å². The van der Waals surface area contributed by atoms with Crippen LogP contribution >= 0.6 is 12.2 Å². The maximum atomic E-state index is 12.8. The second kappa shape index (κ2) is 5.73. The molecule has 0 aromatic heterocycles. The molecule has 2 rings (SSSR count). The van der Waals surface area contributed by atoms with E-state index in [1.807, 2.05) is 0 Å². The number of carbonyl (C=O) groups excluding carboxylic acids is 1. The summed E-state index contributed by atoms with van der Waals surface area (Å²) in [6.07, 6.45) is 3.42. The molecule has 19 heavy (non-hydrogen) atoms. The molecule has 2 atom stereocenters. The number of hydrogen-bond donors (Lipinski definition) is 1. The third-order valence-electron chi connectivity index (χ3n) is 4.45. The molecule has 6 heteroatoms. The minimum absolute atomic E-state index is 0.0547. The van der Waals surface area contributed by atoms with Gasteiger partial charge in [0.15, 0.2) is 0 Å². The summed E-state index contributed by atoms with van der Waals surface area (Å²) in [5.41, 5.74) is 5.23. The molecule has 0 spiro atoms. The highest BCUT2D eigenvalue weighted by atomic mass is 32.1. The van der Waals surface area contributed by atoms with Gasteiger partial charge in [-0.05, 0) is 12.8 Å². The summed E-state index contributed by atoms with van der Waals surface area (Å²) in [4.78, 5) is 14.9. The summed E-state index contributed by atoms with van der Waals surface area (Å²) in [7, 11) is 3.28. The molecule has 2 unspecified atom stereocenters. The molecule has 1 saturated heterocycles. The molecule has 0 radical (unpaired) electrons. The van der Waals surface area contributed by atoms with E-state index in [9.17, 15) is 4.79 Å². The number of carbonyl (C=O) groups is 1. The molecular weight excluding hydrogens is 264 g/mol. The van der Waals surface area contributed by atoms with Crippen LogP contribution in [0.15, 0.2) is 0 Å². The third kappa shape index (κ3) is 2.49. The van der Waals surface area contributed by atoms with Crippen molar-refractivity contribution in [1.82, 2.24) is 4.90 Å². The quantitative estimate of drug-likeness (QED) is 0.771. The van der Waals surface area contributed by atoms with Crippen LogP contribution in [0.25, 0.3) is 0 Å². The van der Waals surface area contributed by atoms with E-state index in [2.05, 4.69) is 0 Å². The fourth-order valence-electron chi connectivity index (χ4n) is 3.21. The topological polar surface area (TPSA) is 64.8 Å². The van der Waals surface area contributed by atoms with Crippen LogP contribution in [0.1, 0.15) is 25.7 Å². The lowest BCUT2D eigenvalue weighted by Gasteiger charge is -2.31. The Morgan fingerprint density at radius 1 is 1.21 bits per heavy atom. The van der Waals surface area contributed by atoms with Crippen molar-refractivity contribution in [3.8, 4) is 0 Å². The summed E-state index contributed by atoms with van der Waals surface area (Å²) in [5, 5.41) is 0. The first-order valence-corrected chi connectivity index (χ1v) is 7.11. The van der Waals surface area contributed by atoms with Gasteiger partial charge in [0, 0.05) is 27.3 Å². The highest BCUT2D eigenvalue weighted by molar-refractivity contribution is 7.80. The Bertz CT molecular complexity index is 357. The molecule has 0 aromatic rings.